The largest absolute Gasteiger partial charge is 0.417 e. The van der Waals surface area contributed by atoms with Crippen LogP contribution in [0.1, 0.15) is 33.6 Å². The maximum Gasteiger partial charge on any atom is 0.264 e. The third-order valence-electron chi connectivity index (χ3n) is 3.82. The first-order valence-corrected chi connectivity index (χ1v) is 11.7. The van der Waals surface area contributed by atoms with E-state index in [0.717, 1.165) is 19.1 Å². The van der Waals surface area contributed by atoms with E-state index in [2.05, 4.69) is 40.4 Å². The Hall–Kier alpha value is -0.173. The van der Waals surface area contributed by atoms with Crippen molar-refractivity contribution in [2.45, 2.75) is 51.7 Å². The van der Waals surface area contributed by atoms with E-state index in [1.807, 2.05) is 0 Å². The van der Waals surface area contributed by atoms with Crippen molar-refractivity contribution >= 4 is 18.4 Å². The maximum absolute atomic E-state index is 10.9. The molecule has 0 aromatic rings. The molecule has 4 nitrogen and oxygen atoms in total. The third-order valence-corrected chi connectivity index (χ3v) is 8.92. The van der Waals surface area contributed by atoms with Crippen LogP contribution in [0.3, 0.4) is 0 Å². The zero-order valence-corrected chi connectivity index (χ0v) is 15.5. The van der Waals surface area contributed by atoms with Crippen molar-refractivity contribution in [1.29, 1.82) is 0 Å². The molecule has 0 aromatic heterocycles. The summed E-state index contributed by atoms with van der Waals surface area (Å²) >= 11 is 0. The van der Waals surface area contributed by atoms with Gasteiger partial charge < -0.3 is 4.43 Å². The van der Waals surface area contributed by atoms with Crippen molar-refractivity contribution < 1.29 is 17.0 Å². The summed E-state index contributed by atoms with van der Waals surface area (Å²) in [7, 11) is -5.06. The van der Waals surface area contributed by atoms with E-state index in [1.165, 1.54) is 0 Å². The molecule has 0 N–H and O–H groups in total. The molecule has 0 heterocycles. The van der Waals surface area contributed by atoms with E-state index in [4.69, 9.17) is 8.61 Å². The van der Waals surface area contributed by atoms with E-state index in [0.29, 0.717) is 6.61 Å². The molecule has 0 rings (SSSR count). The fraction of sp³-hybridized carbons (Fsp3) is 0.857. The molecule has 120 valence electrons. The highest BCUT2D eigenvalue weighted by molar-refractivity contribution is 7.85. The van der Waals surface area contributed by atoms with E-state index in [9.17, 15) is 8.42 Å². The van der Waals surface area contributed by atoms with Gasteiger partial charge in [0.2, 0.25) is 0 Å². The van der Waals surface area contributed by atoms with Crippen molar-refractivity contribution in [3.05, 3.63) is 12.7 Å². The second kappa shape index (κ2) is 7.73. The predicted octanol–water partition coefficient (Wildman–Crippen LogP) is 3.57. The normalized spacial score (nSPS) is 15.1. The summed E-state index contributed by atoms with van der Waals surface area (Å²) in [6, 6.07) is 0. The highest BCUT2D eigenvalue weighted by Crippen LogP contribution is 2.36. The fourth-order valence-corrected chi connectivity index (χ4v) is 2.88. The lowest BCUT2D eigenvalue weighted by atomic mass is 10.1. The lowest BCUT2D eigenvalue weighted by molar-refractivity contribution is 0.244. The van der Waals surface area contributed by atoms with Gasteiger partial charge in [-0.15, -0.1) is 6.58 Å². The van der Waals surface area contributed by atoms with Gasteiger partial charge in [-0.05, 0) is 31.0 Å². The van der Waals surface area contributed by atoms with Crippen LogP contribution in [-0.2, 0) is 18.7 Å². The molecule has 0 aliphatic carbocycles. The van der Waals surface area contributed by atoms with Crippen LogP contribution in [0.5, 0.6) is 0 Å². The highest BCUT2D eigenvalue weighted by Gasteiger charge is 2.36. The molecule has 0 radical (unpaired) electrons. The lowest BCUT2D eigenvalue weighted by Crippen LogP contribution is -2.41. The monoisotopic (exact) mass is 322 g/mol. The summed E-state index contributed by atoms with van der Waals surface area (Å²) in [5, 5.41) is 0.213. The molecule has 1 atom stereocenters. The van der Waals surface area contributed by atoms with Crippen molar-refractivity contribution in [3.8, 4) is 0 Å². The molecular formula is C14H30O4SSi. The van der Waals surface area contributed by atoms with Gasteiger partial charge in [-0.1, -0.05) is 26.8 Å². The average molecular weight is 323 g/mol. The van der Waals surface area contributed by atoms with Crippen molar-refractivity contribution in [2.75, 3.05) is 19.5 Å². The second-order valence-electron chi connectivity index (χ2n) is 6.74. The smallest absolute Gasteiger partial charge is 0.264 e. The molecule has 0 aromatic carbocycles. The maximum atomic E-state index is 10.9. The van der Waals surface area contributed by atoms with Crippen LogP contribution in [0, 0.1) is 5.92 Å². The molecule has 6 heteroatoms. The number of hydrogen-bond acceptors (Lipinski definition) is 4. The summed E-state index contributed by atoms with van der Waals surface area (Å²) in [4.78, 5) is 0. The zero-order valence-electron chi connectivity index (χ0n) is 13.7. The molecule has 0 saturated heterocycles. The summed E-state index contributed by atoms with van der Waals surface area (Å²) in [5.41, 5.74) is 0. The lowest BCUT2D eigenvalue weighted by Gasteiger charge is -2.36. The number of rotatable bonds is 9. The molecule has 1 unspecified atom stereocenters. The van der Waals surface area contributed by atoms with Crippen LogP contribution in [0.4, 0.5) is 0 Å². The van der Waals surface area contributed by atoms with E-state index in [1.54, 1.807) is 6.08 Å². The first kappa shape index (κ1) is 19.8. The van der Waals surface area contributed by atoms with Gasteiger partial charge in [-0.25, -0.2) is 0 Å². The molecule has 0 bridgehead atoms. The van der Waals surface area contributed by atoms with Crippen LogP contribution in [0.15, 0.2) is 12.7 Å². The Morgan fingerprint density at radius 2 is 1.85 bits per heavy atom. The van der Waals surface area contributed by atoms with Gasteiger partial charge in [-0.3, -0.25) is 4.18 Å². The standard InChI is InChI=1S/C14H30O4SSi/c1-8-13(12-17-19(5,15)16)10-9-11-18-20(6,7)14(2,3)4/h8,13H,1,9-12H2,2-7H3. The summed E-state index contributed by atoms with van der Waals surface area (Å²) in [5.74, 6) is 0.0488. The SMILES string of the molecule is C=CC(CCCO[Si](C)(C)C(C)(C)C)COS(C)(=O)=O. The minimum atomic E-state index is -3.37. The Labute approximate surface area is 125 Å². The van der Waals surface area contributed by atoms with Crippen molar-refractivity contribution in [2.24, 2.45) is 5.92 Å². The summed E-state index contributed by atoms with van der Waals surface area (Å²) < 4.78 is 32.8. The molecule has 0 amide bonds. The fourth-order valence-electron chi connectivity index (χ4n) is 1.37. The first-order valence-electron chi connectivity index (χ1n) is 7.00. The van der Waals surface area contributed by atoms with Gasteiger partial charge in [0.1, 0.15) is 0 Å². The second-order valence-corrected chi connectivity index (χ2v) is 13.2. The number of hydrogen-bond donors (Lipinski definition) is 0. The molecule has 20 heavy (non-hydrogen) atoms. The third kappa shape index (κ3) is 8.19. The van der Waals surface area contributed by atoms with Crippen LogP contribution in [-0.4, -0.2) is 36.2 Å². The van der Waals surface area contributed by atoms with Crippen molar-refractivity contribution in [3.63, 3.8) is 0 Å². The van der Waals surface area contributed by atoms with E-state index < -0.39 is 18.4 Å². The van der Waals surface area contributed by atoms with E-state index >= 15 is 0 Å². The van der Waals surface area contributed by atoms with Gasteiger partial charge in [0.05, 0.1) is 12.9 Å². The highest BCUT2D eigenvalue weighted by atomic mass is 32.2. The quantitative estimate of drug-likeness (QED) is 0.282. The molecule has 0 spiro atoms. The van der Waals surface area contributed by atoms with Gasteiger partial charge in [0.15, 0.2) is 8.32 Å². The summed E-state index contributed by atoms with van der Waals surface area (Å²) in [6.45, 7) is 15.7. The summed E-state index contributed by atoms with van der Waals surface area (Å²) in [6.07, 6.45) is 4.52. The van der Waals surface area contributed by atoms with Crippen LogP contribution in [0.2, 0.25) is 18.1 Å². The Bertz CT molecular complexity index is 396. The van der Waals surface area contributed by atoms with Crippen LogP contribution < -0.4 is 0 Å². The van der Waals surface area contributed by atoms with Crippen LogP contribution in [0.25, 0.3) is 0 Å². The Balaban J connectivity index is 4.07. The van der Waals surface area contributed by atoms with Crippen LogP contribution >= 0.6 is 0 Å². The van der Waals surface area contributed by atoms with Gasteiger partial charge in [0.25, 0.3) is 10.1 Å². The van der Waals surface area contributed by atoms with Crippen molar-refractivity contribution in [1.82, 2.24) is 0 Å². The molecule has 0 aliphatic heterocycles. The Kier molecular flexibility index (Phi) is 7.66. The van der Waals surface area contributed by atoms with E-state index in [-0.39, 0.29) is 17.6 Å². The molecule has 0 fully saturated rings. The van der Waals surface area contributed by atoms with Gasteiger partial charge in [-0.2, -0.15) is 8.42 Å². The molecule has 0 saturated carbocycles. The Morgan fingerprint density at radius 1 is 1.30 bits per heavy atom. The zero-order chi connectivity index (χ0) is 16.0. The minimum absolute atomic E-state index is 0.0488. The average Bonchev–Trinajstić information content (AvgIpc) is 2.25. The Morgan fingerprint density at radius 3 is 2.25 bits per heavy atom. The molecule has 0 aliphatic rings. The predicted molar refractivity (Wildman–Crippen MR) is 86.9 cm³/mol. The minimum Gasteiger partial charge on any atom is -0.417 e. The first-order chi connectivity index (χ1) is 8.89. The van der Waals surface area contributed by atoms with Gasteiger partial charge >= 0.3 is 0 Å². The topological polar surface area (TPSA) is 52.6 Å². The molecular weight excluding hydrogens is 292 g/mol. The van der Waals surface area contributed by atoms with Gasteiger partial charge in [0, 0.05) is 12.5 Å².